The van der Waals surface area contributed by atoms with Gasteiger partial charge in [-0.2, -0.15) is 0 Å². The van der Waals surface area contributed by atoms with Crippen LogP contribution in [0.5, 0.6) is 0 Å². The smallest absolute Gasteiger partial charge is 0.211 e. The van der Waals surface area contributed by atoms with E-state index in [-0.39, 0.29) is 11.6 Å². The first-order valence-corrected chi connectivity index (χ1v) is 13.1. The number of ether oxygens (including phenoxy) is 2. The van der Waals surface area contributed by atoms with E-state index >= 15 is 0 Å². The molecule has 4 aromatic carbocycles. The highest BCUT2D eigenvalue weighted by atomic mass is 32.2. The Balaban J connectivity index is 1.42. The number of benzene rings is 4. The third-order valence-electron chi connectivity index (χ3n) is 6.93. The molecule has 2 aliphatic heterocycles. The second-order valence-electron chi connectivity index (χ2n) is 9.64. The van der Waals surface area contributed by atoms with E-state index in [0.29, 0.717) is 11.1 Å². The topological polar surface area (TPSA) is 59.2 Å². The SMILES string of the molecule is Cc1ccc(C(=O)C2(SC3(C(=O)c4ccc(C)cc4)OC3c3ccccc3)OC2c2ccccc2)cc1. The van der Waals surface area contributed by atoms with Crippen LogP contribution in [0.15, 0.2) is 109 Å². The molecule has 0 N–H and O–H groups in total. The van der Waals surface area contributed by atoms with Gasteiger partial charge in [-0.25, -0.2) is 0 Å². The largest absolute Gasteiger partial charge is 0.341 e. The molecular formula is C32H26O4S. The van der Waals surface area contributed by atoms with Crippen LogP contribution in [-0.4, -0.2) is 21.4 Å². The average molecular weight is 507 g/mol. The zero-order chi connectivity index (χ0) is 25.6. The molecule has 0 bridgehead atoms. The summed E-state index contributed by atoms with van der Waals surface area (Å²) in [5.41, 5.74) is 5.01. The number of carbonyl (C=O) groups excluding carboxylic acids is 2. The Bertz CT molecular complexity index is 1340. The van der Waals surface area contributed by atoms with E-state index in [4.69, 9.17) is 9.47 Å². The Morgan fingerprint density at radius 3 is 1.27 bits per heavy atom. The third kappa shape index (κ3) is 4.23. The second kappa shape index (κ2) is 9.10. The van der Waals surface area contributed by atoms with E-state index in [0.717, 1.165) is 22.3 Å². The fourth-order valence-corrected chi connectivity index (χ4v) is 6.39. The molecule has 6 rings (SSSR count). The van der Waals surface area contributed by atoms with E-state index in [9.17, 15) is 9.59 Å². The number of Topliss-reactive ketones (excluding diaryl/α,β-unsaturated/α-hetero) is 2. The molecule has 4 nitrogen and oxygen atoms in total. The molecule has 37 heavy (non-hydrogen) atoms. The summed E-state index contributed by atoms with van der Waals surface area (Å²) in [6.45, 7) is 3.97. The van der Waals surface area contributed by atoms with Gasteiger partial charge in [-0.15, -0.1) is 0 Å². The Hall–Kier alpha value is -3.51. The van der Waals surface area contributed by atoms with Crippen LogP contribution in [0.2, 0.25) is 0 Å². The molecule has 0 spiro atoms. The molecule has 2 saturated heterocycles. The van der Waals surface area contributed by atoms with Crippen LogP contribution in [0, 0.1) is 13.8 Å². The van der Waals surface area contributed by atoms with Crippen LogP contribution in [0.3, 0.4) is 0 Å². The van der Waals surface area contributed by atoms with Gasteiger partial charge in [-0.1, -0.05) is 132 Å². The number of aryl methyl sites for hydroxylation is 2. The first kappa shape index (κ1) is 23.9. The predicted octanol–water partition coefficient (Wildman–Crippen LogP) is 7.04. The molecule has 4 aromatic rings. The summed E-state index contributed by atoms with van der Waals surface area (Å²) < 4.78 is 12.6. The van der Waals surface area contributed by atoms with Crippen molar-refractivity contribution < 1.29 is 19.1 Å². The van der Waals surface area contributed by atoms with Gasteiger partial charge < -0.3 is 9.47 Å². The van der Waals surface area contributed by atoms with Crippen molar-refractivity contribution in [1.82, 2.24) is 0 Å². The second-order valence-corrected chi connectivity index (χ2v) is 11.1. The highest BCUT2D eigenvalue weighted by Gasteiger charge is 2.75. The summed E-state index contributed by atoms with van der Waals surface area (Å²) in [6, 6.07) is 34.3. The van der Waals surface area contributed by atoms with Crippen LogP contribution in [0.4, 0.5) is 0 Å². The minimum Gasteiger partial charge on any atom is -0.341 e. The maximum Gasteiger partial charge on any atom is 0.211 e. The summed E-state index contributed by atoms with van der Waals surface area (Å²) >= 11 is 1.20. The molecule has 2 fully saturated rings. The fourth-order valence-electron chi connectivity index (χ4n) is 4.74. The number of rotatable bonds is 8. The Morgan fingerprint density at radius 2 is 0.919 bits per heavy atom. The highest BCUT2D eigenvalue weighted by Crippen LogP contribution is 2.70. The zero-order valence-corrected chi connectivity index (χ0v) is 21.4. The van der Waals surface area contributed by atoms with E-state index in [1.165, 1.54) is 11.8 Å². The molecule has 0 amide bonds. The third-order valence-corrected chi connectivity index (χ3v) is 8.53. The van der Waals surface area contributed by atoms with E-state index in [1.807, 2.05) is 123 Å². The Kier molecular flexibility index (Phi) is 5.87. The maximum atomic E-state index is 14.1. The molecule has 184 valence electrons. The molecule has 0 aromatic heterocycles. The van der Waals surface area contributed by atoms with Gasteiger partial charge in [-0.3, -0.25) is 9.59 Å². The van der Waals surface area contributed by atoms with Crippen LogP contribution >= 0.6 is 11.8 Å². The van der Waals surface area contributed by atoms with Gasteiger partial charge in [0.2, 0.25) is 21.4 Å². The summed E-state index contributed by atoms with van der Waals surface area (Å²) in [6.07, 6.45) is -0.980. The zero-order valence-electron chi connectivity index (χ0n) is 20.6. The van der Waals surface area contributed by atoms with Gasteiger partial charge in [0.05, 0.1) is 0 Å². The normalized spacial score (nSPS) is 25.9. The fraction of sp³-hybridized carbons (Fsp3) is 0.188. The summed E-state index contributed by atoms with van der Waals surface area (Å²) in [5, 5.41) is 0. The lowest BCUT2D eigenvalue weighted by molar-refractivity contribution is 0.0923. The number of epoxide rings is 2. The van der Waals surface area contributed by atoms with Crippen molar-refractivity contribution in [3.8, 4) is 0 Å². The van der Waals surface area contributed by atoms with E-state index in [1.54, 1.807) is 0 Å². The van der Waals surface area contributed by atoms with Gasteiger partial charge >= 0.3 is 0 Å². The summed E-state index contributed by atoms with van der Waals surface area (Å²) in [4.78, 5) is 25.6. The molecular weight excluding hydrogens is 480 g/mol. The Morgan fingerprint density at radius 1 is 0.568 bits per heavy atom. The van der Waals surface area contributed by atoms with Crippen LogP contribution in [0.1, 0.15) is 55.2 Å². The standard InChI is InChI=1S/C32H26O4S/c1-21-13-17-23(18-14-21)27(33)31(29(35-31)25-9-5-3-6-10-25)37-32(28(34)24-19-15-22(2)16-20-24)30(36-32)26-11-7-4-8-12-26/h3-20,29-30H,1-2H3. The quantitative estimate of drug-likeness (QED) is 0.190. The monoisotopic (exact) mass is 506 g/mol. The van der Waals surface area contributed by atoms with E-state index in [2.05, 4.69) is 0 Å². The van der Waals surface area contributed by atoms with E-state index < -0.39 is 22.1 Å². The highest BCUT2D eigenvalue weighted by molar-refractivity contribution is 8.03. The molecule has 0 saturated carbocycles. The van der Waals surface area contributed by atoms with Crippen molar-refractivity contribution in [2.45, 2.75) is 35.9 Å². The molecule has 4 unspecified atom stereocenters. The minimum absolute atomic E-state index is 0.162. The van der Waals surface area contributed by atoms with Crippen molar-refractivity contribution in [2.24, 2.45) is 0 Å². The van der Waals surface area contributed by atoms with Crippen molar-refractivity contribution in [3.63, 3.8) is 0 Å². The molecule has 0 aliphatic carbocycles. The molecule has 4 atom stereocenters. The lowest BCUT2D eigenvalue weighted by atomic mass is 10.0. The van der Waals surface area contributed by atoms with Crippen LogP contribution in [-0.2, 0) is 9.47 Å². The predicted molar refractivity (Wildman–Crippen MR) is 145 cm³/mol. The lowest BCUT2D eigenvalue weighted by Crippen LogP contribution is -2.32. The van der Waals surface area contributed by atoms with Gasteiger partial charge in [0, 0.05) is 11.1 Å². The number of thioether (sulfide) groups is 1. The maximum absolute atomic E-state index is 14.1. The van der Waals surface area contributed by atoms with Crippen LogP contribution < -0.4 is 0 Å². The molecule has 2 aliphatic rings. The summed E-state index contributed by atoms with van der Waals surface area (Å²) in [7, 11) is 0. The van der Waals surface area contributed by atoms with Crippen molar-refractivity contribution >= 4 is 23.3 Å². The van der Waals surface area contributed by atoms with Crippen molar-refractivity contribution in [2.75, 3.05) is 0 Å². The first-order valence-electron chi connectivity index (χ1n) is 12.3. The number of ketones is 2. The number of carbonyl (C=O) groups is 2. The molecule has 2 heterocycles. The van der Waals surface area contributed by atoms with Gasteiger partial charge in [0.1, 0.15) is 12.2 Å². The minimum atomic E-state index is -1.28. The van der Waals surface area contributed by atoms with Crippen molar-refractivity contribution in [1.29, 1.82) is 0 Å². The molecule has 0 radical (unpaired) electrons. The average Bonchev–Trinajstić information content (AvgIpc) is 3.85. The van der Waals surface area contributed by atoms with Crippen LogP contribution in [0.25, 0.3) is 0 Å². The Labute approximate surface area is 220 Å². The van der Waals surface area contributed by atoms with Gasteiger partial charge in [0.15, 0.2) is 0 Å². The van der Waals surface area contributed by atoms with Gasteiger partial charge in [0.25, 0.3) is 0 Å². The van der Waals surface area contributed by atoms with Crippen molar-refractivity contribution in [3.05, 3.63) is 143 Å². The summed E-state index contributed by atoms with van der Waals surface area (Å²) in [5.74, 6) is -0.325. The lowest BCUT2D eigenvalue weighted by Gasteiger charge is -2.18. The molecule has 5 heteroatoms. The number of hydrogen-bond donors (Lipinski definition) is 0. The first-order chi connectivity index (χ1) is 17.9. The van der Waals surface area contributed by atoms with Gasteiger partial charge in [-0.05, 0) is 25.0 Å². The number of hydrogen-bond acceptors (Lipinski definition) is 5.